The van der Waals surface area contributed by atoms with Crippen molar-refractivity contribution in [2.24, 2.45) is 0 Å². The Morgan fingerprint density at radius 1 is 1.21 bits per heavy atom. The number of likely N-dealkylation sites (N-methyl/N-ethyl adjacent to an activating group) is 1. The van der Waals surface area contributed by atoms with E-state index in [4.69, 9.17) is 4.74 Å². The van der Waals surface area contributed by atoms with Crippen molar-refractivity contribution in [1.29, 1.82) is 0 Å². The van der Waals surface area contributed by atoms with Crippen molar-refractivity contribution < 1.29 is 24.2 Å². The van der Waals surface area contributed by atoms with Crippen LogP contribution in [0.2, 0.25) is 0 Å². The van der Waals surface area contributed by atoms with Crippen molar-refractivity contribution in [3.63, 3.8) is 0 Å². The van der Waals surface area contributed by atoms with Gasteiger partial charge in [-0.25, -0.2) is 4.98 Å². The van der Waals surface area contributed by atoms with Gasteiger partial charge < -0.3 is 19.6 Å². The van der Waals surface area contributed by atoms with Crippen LogP contribution in [-0.4, -0.2) is 75.9 Å². The van der Waals surface area contributed by atoms with E-state index in [1.807, 2.05) is 43.6 Å². The quantitative estimate of drug-likeness (QED) is 0.408. The van der Waals surface area contributed by atoms with Crippen LogP contribution >= 0.6 is 11.3 Å². The number of aliphatic hydroxyl groups excluding tert-OH is 1. The molecule has 0 aliphatic carbocycles. The number of aryl methyl sites for hydroxylation is 2. The smallest absolute Gasteiger partial charge is 0.254 e. The molecule has 8 nitrogen and oxygen atoms in total. The summed E-state index contributed by atoms with van der Waals surface area (Å²) in [6.07, 6.45) is 0.225. The molecule has 3 aromatic rings. The van der Waals surface area contributed by atoms with Crippen LogP contribution in [0.4, 0.5) is 0 Å². The molecule has 1 N–H and O–H groups in total. The van der Waals surface area contributed by atoms with Crippen molar-refractivity contribution in [3.8, 4) is 16.2 Å². The SMILES string of the molecule is CCOc1cccc(C(=O)N(C)[C@@H](C)C(=O)N2C[C@H](O)C[C@H]2C(=O)CCc2ccc(-c3scnc3C)cc2)c1. The molecule has 0 spiro atoms. The highest BCUT2D eigenvalue weighted by Gasteiger charge is 2.41. The highest BCUT2D eigenvalue weighted by Crippen LogP contribution is 2.28. The lowest BCUT2D eigenvalue weighted by Crippen LogP contribution is -2.51. The van der Waals surface area contributed by atoms with E-state index in [1.54, 1.807) is 49.6 Å². The Morgan fingerprint density at radius 2 is 1.95 bits per heavy atom. The summed E-state index contributed by atoms with van der Waals surface area (Å²) >= 11 is 1.60. The number of nitrogens with zero attached hydrogens (tertiary/aromatic N) is 3. The lowest BCUT2D eigenvalue weighted by Gasteiger charge is -2.31. The number of ether oxygens (including phenoxy) is 1. The summed E-state index contributed by atoms with van der Waals surface area (Å²) in [4.78, 5) is 48.0. The number of aromatic nitrogens is 1. The number of benzene rings is 2. The van der Waals surface area contributed by atoms with Crippen molar-refractivity contribution >= 4 is 28.9 Å². The van der Waals surface area contributed by atoms with Gasteiger partial charge in [0.05, 0.1) is 34.8 Å². The van der Waals surface area contributed by atoms with E-state index in [9.17, 15) is 19.5 Å². The standard InChI is InChI=1S/C30H35N3O5S/c1-5-38-25-8-6-7-23(15-25)30(37)32(4)20(3)29(36)33-17-24(34)16-26(33)27(35)14-11-21-9-12-22(13-10-21)28-19(2)31-18-39-28/h6-10,12-13,15,18,20,24,26,34H,5,11,14,16-17H2,1-4H3/t20-,24+,26-/m0/s1. The second-order valence-corrected chi connectivity index (χ2v) is 10.7. The molecule has 2 aromatic carbocycles. The number of aliphatic hydroxyl groups is 1. The fourth-order valence-electron chi connectivity index (χ4n) is 4.87. The molecule has 0 radical (unpaired) electrons. The molecule has 4 rings (SSSR count). The van der Waals surface area contributed by atoms with E-state index < -0.39 is 18.2 Å². The molecule has 2 amide bonds. The topological polar surface area (TPSA) is 100 Å². The minimum Gasteiger partial charge on any atom is -0.494 e. The monoisotopic (exact) mass is 549 g/mol. The maximum atomic E-state index is 13.4. The van der Waals surface area contributed by atoms with Gasteiger partial charge in [0.2, 0.25) is 5.91 Å². The summed E-state index contributed by atoms with van der Waals surface area (Å²) in [7, 11) is 1.57. The fraction of sp³-hybridized carbons (Fsp3) is 0.400. The number of thiazole rings is 1. The molecule has 2 heterocycles. The number of β-amino-alcohol motifs (C(OH)–C–C–N with tert-alkyl or cyclic N) is 1. The Bertz CT molecular complexity index is 1320. The molecule has 1 aromatic heterocycles. The predicted octanol–water partition coefficient (Wildman–Crippen LogP) is 4.14. The van der Waals surface area contributed by atoms with E-state index in [0.717, 1.165) is 21.7 Å². The number of rotatable bonds is 10. The third-order valence-corrected chi connectivity index (χ3v) is 8.18. The van der Waals surface area contributed by atoms with Crippen molar-refractivity contribution in [2.45, 2.75) is 58.2 Å². The van der Waals surface area contributed by atoms with Gasteiger partial charge in [-0.15, -0.1) is 11.3 Å². The van der Waals surface area contributed by atoms with Crippen LogP contribution in [0.1, 0.15) is 48.3 Å². The van der Waals surface area contributed by atoms with Gasteiger partial charge in [-0.05, 0) is 56.5 Å². The normalized spacial score (nSPS) is 17.6. The average Bonchev–Trinajstić information content (AvgIpc) is 3.56. The Hall–Kier alpha value is -3.56. The third-order valence-electron chi connectivity index (χ3n) is 7.21. The van der Waals surface area contributed by atoms with E-state index in [-0.39, 0.29) is 37.0 Å². The zero-order valence-electron chi connectivity index (χ0n) is 22.8. The van der Waals surface area contributed by atoms with E-state index in [2.05, 4.69) is 4.98 Å². The second-order valence-electron chi connectivity index (χ2n) is 9.88. The maximum Gasteiger partial charge on any atom is 0.254 e. The van der Waals surface area contributed by atoms with E-state index >= 15 is 0 Å². The molecular weight excluding hydrogens is 514 g/mol. The first-order chi connectivity index (χ1) is 18.7. The van der Waals surface area contributed by atoms with Gasteiger partial charge in [0.1, 0.15) is 11.8 Å². The summed E-state index contributed by atoms with van der Waals surface area (Å²) in [6.45, 7) is 6.04. The van der Waals surface area contributed by atoms with Gasteiger partial charge >= 0.3 is 0 Å². The summed E-state index contributed by atoms with van der Waals surface area (Å²) in [6, 6.07) is 13.4. The highest BCUT2D eigenvalue weighted by molar-refractivity contribution is 7.13. The van der Waals surface area contributed by atoms with Crippen LogP contribution < -0.4 is 4.74 Å². The first kappa shape index (κ1) is 28.4. The zero-order valence-corrected chi connectivity index (χ0v) is 23.6. The molecule has 9 heteroatoms. The first-order valence-electron chi connectivity index (χ1n) is 13.2. The van der Waals surface area contributed by atoms with E-state index in [0.29, 0.717) is 24.3 Å². The molecule has 1 saturated heterocycles. The Balaban J connectivity index is 1.38. The predicted molar refractivity (Wildman–Crippen MR) is 151 cm³/mol. The Labute approximate surface area is 233 Å². The molecular formula is C30H35N3O5S. The second kappa shape index (κ2) is 12.5. The van der Waals surface area contributed by atoms with Gasteiger partial charge in [-0.2, -0.15) is 0 Å². The third kappa shape index (κ3) is 6.54. The van der Waals surface area contributed by atoms with Crippen molar-refractivity contribution in [1.82, 2.24) is 14.8 Å². The van der Waals surface area contributed by atoms with Crippen molar-refractivity contribution in [3.05, 3.63) is 70.9 Å². The molecule has 3 atom stereocenters. The summed E-state index contributed by atoms with van der Waals surface area (Å²) in [5.74, 6) is -0.187. The molecule has 206 valence electrons. The molecule has 0 bridgehead atoms. The molecule has 1 aliphatic heterocycles. The molecule has 39 heavy (non-hydrogen) atoms. The number of hydrogen-bond acceptors (Lipinski definition) is 7. The van der Waals surface area contributed by atoms with Crippen LogP contribution in [0.5, 0.6) is 5.75 Å². The molecule has 1 fully saturated rings. The van der Waals surface area contributed by atoms with Crippen LogP contribution in [0.25, 0.3) is 10.4 Å². The number of carbonyl (C=O) groups is 3. The van der Waals surface area contributed by atoms with Crippen LogP contribution in [0.15, 0.2) is 54.0 Å². The number of Topliss-reactive ketones (excluding diaryl/α,β-unsaturated/α-hetero) is 1. The number of carbonyl (C=O) groups excluding carboxylic acids is 3. The fourth-order valence-corrected chi connectivity index (χ4v) is 5.68. The van der Waals surface area contributed by atoms with Gasteiger partial charge in [0.25, 0.3) is 5.91 Å². The Kier molecular flexibility index (Phi) is 9.14. The highest BCUT2D eigenvalue weighted by atomic mass is 32.1. The summed E-state index contributed by atoms with van der Waals surface area (Å²) in [5, 5.41) is 10.3. The van der Waals surface area contributed by atoms with Crippen molar-refractivity contribution in [2.75, 3.05) is 20.2 Å². The number of hydrogen-bond donors (Lipinski definition) is 1. The van der Waals surface area contributed by atoms with Crippen LogP contribution in [0.3, 0.4) is 0 Å². The van der Waals surface area contributed by atoms with Gasteiger partial charge in [-0.1, -0.05) is 30.3 Å². The van der Waals surface area contributed by atoms with Gasteiger partial charge in [0, 0.05) is 32.0 Å². The zero-order chi connectivity index (χ0) is 28.1. The van der Waals surface area contributed by atoms with Gasteiger partial charge in [-0.3, -0.25) is 14.4 Å². The Morgan fingerprint density at radius 3 is 2.62 bits per heavy atom. The molecule has 0 saturated carbocycles. The summed E-state index contributed by atoms with van der Waals surface area (Å²) < 4.78 is 5.49. The minimum atomic E-state index is -0.809. The van der Waals surface area contributed by atoms with Gasteiger partial charge in [0.15, 0.2) is 5.78 Å². The molecule has 1 aliphatic rings. The molecule has 0 unspecified atom stereocenters. The largest absolute Gasteiger partial charge is 0.494 e. The number of likely N-dealkylation sites (tertiary alicyclic amines) is 1. The summed E-state index contributed by atoms with van der Waals surface area (Å²) in [5.41, 5.74) is 5.35. The lowest BCUT2D eigenvalue weighted by molar-refractivity contribution is -0.140. The minimum absolute atomic E-state index is 0.0737. The lowest BCUT2D eigenvalue weighted by atomic mass is 10.00. The first-order valence-corrected chi connectivity index (χ1v) is 14.1. The maximum absolute atomic E-state index is 13.4. The number of ketones is 1. The number of amides is 2. The van der Waals surface area contributed by atoms with Crippen LogP contribution in [-0.2, 0) is 16.0 Å². The van der Waals surface area contributed by atoms with E-state index in [1.165, 1.54) is 9.80 Å². The van der Waals surface area contributed by atoms with Crippen LogP contribution in [0, 0.1) is 6.92 Å². The average molecular weight is 550 g/mol.